The first-order valence-corrected chi connectivity index (χ1v) is 10.1. The minimum absolute atomic E-state index is 0.100. The Balaban J connectivity index is 1.96. The van der Waals surface area contributed by atoms with E-state index in [1.807, 2.05) is 18.0 Å². The highest BCUT2D eigenvalue weighted by Gasteiger charge is 2.38. The number of fused-ring (bicyclic) bond motifs is 2. The highest BCUT2D eigenvalue weighted by Crippen LogP contribution is 2.51. The lowest BCUT2D eigenvalue weighted by atomic mass is 9.87. The topological polar surface area (TPSA) is 89.0 Å². The van der Waals surface area contributed by atoms with Gasteiger partial charge in [-0.25, -0.2) is 0 Å². The molecular formula is C20H25N3O5S. The largest absolute Gasteiger partial charge is 0.494 e. The van der Waals surface area contributed by atoms with E-state index in [-0.39, 0.29) is 23.0 Å². The van der Waals surface area contributed by atoms with Gasteiger partial charge >= 0.3 is 0 Å². The first kappa shape index (κ1) is 19.8. The number of hydrogen-bond donors (Lipinski definition) is 2. The van der Waals surface area contributed by atoms with Crippen molar-refractivity contribution in [2.75, 3.05) is 27.5 Å². The van der Waals surface area contributed by atoms with Gasteiger partial charge in [-0.05, 0) is 43.7 Å². The Kier molecular flexibility index (Phi) is 5.26. The quantitative estimate of drug-likeness (QED) is 0.721. The van der Waals surface area contributed by atoms with Crippen molar-refractivity contribution in [3.63, 3.8) is 0 Å². The van der Waals surface area contributed by atoms with E-state index < -0.39 is 11.6 Å². The fourth-order valence-corrected chi connectivity index (χ4v) is 4.41. The fourth-order valence-electron chi connectivity index (χ4n) is 4.14. The zero-order valence-corrected chi connectivity index (χ0v) is 17.6. The van der Waals surface area contributed by atoms with Crippen molar-refractivity contribution in [3.05, 3.63) is 37.9 Å². The summed E-state index contributed by atoms with van der Waals surface area (Å²) in [4.78, 5) is 17.7. The summed E-state index contributed by atoms with van der Waals surface area (Å²) in [6.07, 6.45) is 2.55. The van der Waals surface area contributed by atoms with E-state index in [1.54, 1.807) is 11.7 Å². The molecule has 3 heterocycles. The van der Waals surface area contributed by atoms with Crippen molar-refractivity contribution >= 4 is 12.2 Å². The summed E-state index contributed by atoms with van der Waals surface area (Å²) in [7, 11) is 3.50. The van der Waals surface area contributed by atoms with Crippen LogP contribution in [0.15, 0.2) is 10.9 Å². The third-order valence-electron chi connectivity index (χ3n) is 5.61. The van der Waals surface area contributed by atoms with Gasteiger partial charge in [-0.3, -0.25) is 19.2 Å². The van der Waals surface area contributed by atoms with E-state index in [1.165, 1.54) is 0 Å². The van der Waals surface area contributed by atoms with Crippen LogP contribution in [0.3, 0.4) is 0 Å². The second kappa shape index (κ2) is 7.72. The molecule has 0 amide bonds. The Labute approximate surface area is 173 Å². The van der Waals surface area contributed by atoms with Gasteiger partial charge < -0.3 is 19.3 Å². The number of hydrogen-bond acceptors (Lipinski definition) is 7. The molecule has 0 radical (unpaired) electrons. The number of nitrogens with zero attached hydrogens (tertiary/aromatic N) is 2. The molecule has 4 rings (SSSR count). The molecule has 2 aliphatic heterocycles. The molecule has 0 bridgehead atoms. The highest BCUT2D eigenvalue weighted by molar-refractivity contribution is 7.71. The molecule has 1 aromatic heterocycles. The van der Waals surface area contributed by atoms with Gasteiger partial charge in [0.25, 0.3) is 5.56 Å². The molecule has 2 aliphatic rings. The van der Waals surface area contributed by atoms with Crippen LogP contribution in [0.4, 0.5) is 0 Å². The monoisotopic (exact) mass is 419 g/mol. The standard InChI is InChI=1S/C20H25N3O5S/c1-4-5-7-23-19(25)14(18(24)21-20(23)29)15-13-11(6-8-22(15)2)9-12-16(17(13)26-3)28-10-27-12/h9,15,25H,4-8,10H2,1-3H3,(H,21,24,29)/t15-/m1/s1. The van der Waals surface area contributed by atoms with Crippen LogP contribution >= 0.6 is 12.2 Å². The number of rotatable bonds is 5. The van der Waals surface area contributed by atoms with Gasteiger partial charge in [-0.1, -0.05) is 13.3 Å². The first-order valence-electron chi connectivity index (χ1n) is 9.73. The summed E-state index contributed by atoms with van der Waals surface area (Å²) in [6, 6.07) is 1.44. The summed E-state index contributed by atoms with van der Waals surface area (Å²) in [5, 5.41) is 11.1. The van der Waals surface area contributed by atoms with Crippen LogP contribution in [0.25, 0.3) is 0 Å². The smallest absolute Gasteiger partial charge is 0.260 e. The van der Waals surface area contributed by atoms with Crippen molar-refractivity contribution in [2.45, 2.75) is 38.8 Å². The molecule has 8 nitrogen and oxygen atoms in total. The van der Waals surface area contributed by atoms with Crippen LogP contribution in [-0.2, 0) is 13.0 Å². The third kappa shape index (κ3) is 3.18. The van der Waals surface area contributed by atoms with Gasteiger partial charge in [0.15, 0.2) is 16.3 Å². The van der Waals surface area contributed by atoms with Gasteiger partial charge in [-0.15, -0.1) is 0 Å². The predicted molar refractivity (Wildman–Crippen MR) is 110 cm³/mol. The highest BCUT2D eigenvalue weighted by atomic mass is 32.1. The fraction of sp³-hybridized carbons (Fsp3) is 0.500. The number of likely N-dealkylation sites (N-methyl/N-ethyl adjacent to an activating group) is 1. The number of methoxy groups -OCH3 is 1. The Morgan fingerprint density at radius 1 is 1.38 bits per heavy atom. The summed E-state index contributed by atoms with van der Waals surface area (Å²) in [5.74, 6) is 1.60. The second-order valence-corrected chi connectivity index (χ2v) is 7.74. The van der Waals surface area contributed by atoms with Crippen LogP contribution in [0.5, 0.6) is 23.1 Å². The molecule has 0 fully saturated rings. The Morgan fingerprint density at radius 2 is 2.17 bits per heavy atom. The number of H-pyrrole nitrogens is 1. The zero-order valence-electron chi connectivity index (χ0n) is 16.8. The molecule has 1 atom stereocenters. The van der Waals surface area contributed by atoms with E-state index in [4.69, 9.17) is 26.4 Å². The summed E-state index contributed by atoms with van der Waals surface area (Å²) < 4.78 is 18.7. The van der Waals surface area contributed by atoms with Crippen molar-refractivity contribution in [1.29, 1.82) is 0 Å². The van der Waals surface area contributed by atoms with Gasteiger partial charge in [0.1, 0.15) is 0 Å². The number of nitrogens with one attached hydrogen (secondary N) is 1. The molecule has 2 N–H and O–H groups in total. The maximum Gasteiger partial charge on any atom is 0.260 e. The number of aromatic nitrogens is 2. The minimum atomic E-state index is -0.504. The molecule has 0 saturated heterocycles. The minimum Gasteiger partial charge on any atom is -0.494 e. The third-order valence-corrected chi connectivity index (χ3v) is 5.93. The lowest BCUT2D eigenvalue weighted by Crippen LogP contribution is -2.37. The second-order valence-electron chi connectivity index (χ2n) is 7.35. The van der Waals surface area contributed by atoms with Crippen LogP contribution in [0.2, 0.25) is 0 Å². The normalized spacial score (nSPS) is 18.0. The lowest BCUT2D eigenvalue weighted by molar-refractivity contribution is 0.170. The molecule has 156 valence electrons. The Hall–Kier alpha value is -2.52. The Morgan fingerprint density at radius 3 is 2.90 bits per heavy atom. The van der Waals surface area contributed by atoms with Gasteiger partial charge in [0.2, 0.25) is 18.4 Å². The molecule has 29 heavy (non-hydrogen) atoms. The summed E-state index contributed by atoms with van der Waals surface area (Å²) in [6.45, 7) is 3.44. The molecule has 0 spiro atoms. The number of aromatic hydroxyl groups is 1. The van der Waals surface area contributed by atoms with E-state index >= 15 is 0 Å². The first-order chi connectivity index (χ1) is 14.0. The molecule has 1 aromatic carbocycles. The van der Waals surface area contributed by atoms with Crippen molar-refractivity contribution in [1.82, 2.24) is 14.5 Å². The van der Waals surface area contributed by atoms with E-state index in [0.717, 1.165) is 30.4 Å². The molecule has 2 aromatic rings. The van der Waals surface area contributed by atoms with Gasteiger partial charge in [-0.2, -0.15) is 0 Å². The predicted octanol–water partition coefficient (Wildman–Crippen LogP) is 2.73. The van der Waals surface area contributed by atoms with E-state index in [9.17, 15) is 9.90 Å². The Bertz CT molecular complexity index is 1060. The molecule has 0 aliphatic carbocycles. The molecule has 0 saturated carbocycles. The summed E-state index contributed by atoms with van der Waals surface area (Å²) in [5.41, 5.74) is 1.68. The zero-order chi connectivity index (χ0) is 20.7. The maximum absolute atomic E-state index is 13.0. The lowest BCUT2D eigenvalue weighted by Gasteiger charge is -2.36. The van der Waals surface area contributed by atoms with Crippen LogP contribution in [0.1, 0.15) is 42.5 Å². The van der Waals surface area contributed by atoms with Crippen LogP contribution in [0, 0.1) is 4.77 Å². The van der Waals surface area contributed by atoms with E-state index in [2.05, 4.69) is 11.9 Å². The van der Waals surface area contributed by atoms with Crippen molar-refractivity contribution in [3.8, 4) is 23.1 Å². The maximum atomic E-state index is 13.0. The van der Waals surface area contributed by atoms with Crippen molar-refractivity contribution < 1.29 is 19.3 Å². The number of ether oxygens (including phenoxy) is 3. The van der Waals surface area contributed by atoms with E-state index in [0.29, 0.717) is 30.3 Å². The van der Waals surface area contributed by atoms with Crippen molar-refractivity contribution in [2.24, 2.45) is 0 Å². The number of unbranched alkanes of at least 4 members (excludes halogenated alkanes) is 1. The molecule has 9 heteroatoms. The molecular weight excluding hydrogens is 394 g/mol. The average molecular weight is 420 g/mol. The SMILES string of the molecule is CCCCn1c(O)c([C@H]2c3c(cc4c(c3OC)OCO4)CCN2C)c(=O)[nH]c1=S. The number of aromatic amines is 1. The number of benzene rings is 1. The molecule has 0 unspecified atom stereocenters. The van der Waals surface area contributed by atoms with Gasteiger partial charge in [0, 0.05) is 18.7 Å². The average Bonchev–Trinajstić information content (AvgIpc) is 3.16. The van der Waals surface area contributed by atoms with Crippen LogP contribution < -0.4 is 19.8 Å². The van der Waals surface area contributed by atoms with Crippen LogP contribution in [-0.4, -0.2) is 47.1 Å². The van der Waals surface area contributed by atoms with Gasteiger partial charge in [0.05, 0.1) is 18.7 Å². The summed E-state index contributed by atoms with van der Waals surface area (Å²) >= 11 is 5.29.